The van der Waals surface area contributed by atoms with Crippen molar-refractivity contribution < 1.29 is 46.4 Å². The minimum atomic E-state index is -1.00. The molecule has 0 amide bonds. The van der Waals surface area contributed by atoms with Crippen LogP contribution in [0.2, 0.25) is 0 Å². The number of aromatic nitrogens is 2. The molecular weight excluding hydrogens is 1120 g/mol. The van der Waals surface area contributed by atoms with E-state index in [2.05, 4.69) is 76.9 Å². The van der Waals surface area contributed by atoms with Gasteiger partial charge in [0.15, 0.2) is 0 Å². The monoisotopic (exact) mass is 1200 g/mol. The van der Waals surface area contributed by atoms with E-state index in [1.54, 1.807) is 36.4 Å². The van der Waals surface area contributed by atoms with Crippen LogP contribution in [0.25, 0.3) is 61.0 Å². The third-order valence-corrected chi connectivity index (χ3v) is 14.1. The SMILES string of the molecule is [2H]c1nc(-n2c3[c-]c(Oc4[c-]c(N5[CH-]N(c6c(-c7cc(C(C)(C)C)cc(C(C)(C)C)c7)cccc6-c6c([2H])c([2H])c([2H])c([2H])c6[2H])c6ccccc65)ccc4)c([2H])c([2H])c3c3cc(-c4c([2H])c([2H])c([2H])c([2H])c4[2H])ccc32)c([2H])c(C(C)(C)c2ccccc2)c1[2H].[Pt]. The van der Waals surface area contributed by atoms with Crippen molar-refractivity contribution in [1.82, 2.24) is 9.55 Å². The van der Waals surface area contributed by atoms with Gasteiger partial charge in [-0.05, 0) is 92.4 Å². The summed E-state index contributed by atoms with van der Waals surface area (Å²) in [5.41, 5.74) is 6.51. The van der Waals surface area contributed by atoms with Crippen LogP contribution in [0.15, 0.2) is 218 Å². The zero-order valence-electron chi connectivity index (χ0n) is 58.7. The molecule has 0 N–H and O–H groups in total. The van der Waals surface area contributed by atoms with Gasteiger partial charge in [-0.3, -0.25) is 0 Å². The van der Waals surface area contributed by atoms with E-state index in [0.29, 0.717) is 33.8 Å². The van der Waals surface area contributed by atoms with Gasteiger partial charge in [0, 0.05) is 79.2 Å². The van der Waals surface area contributed by atoms with Crippen LogP contribution in [0.4, 0.5) is 22.7 Å². The molecule has 2 aromatic heterocycles. The zero-order chi connectivity index (χ0) is 65.4. The summed E-state index contributed by atoms with van der Waals surface area (Å²) in [5, 5.41) is 0.401. The molecule has 0 saturated carbocycles. The second-order valence-electron chi connectivity index (χ2n) is 21.5. The first kappa shape index (κ1) is 36.1. The minimum absolute atomic E-state index is 0. The Kier molecular flexibility index (Phi) is 9.47. The van der Waals surface area contributed by atoms with Crippen LogP contribution >= 0.6 is 0 Å². The third-order valence-electron chi connectivity index (χ3n) is 14.1. The molecule has 11 aromatic rings. The van der Waals surface area contributed by atoms with Crippen molar-refractivity contribution in [3.63, 3.8) is 0 Å². The molecule has 0 bridgehead atoms. The average Bonchev–Trinajstić information content (AvgIpc) is 1.52. The number of rotatable bonds is 10. The van der Waals surface area contributed by atoms with Gasteiger partial charge < -0.3 is 19.1 Å². The smallest absolute Gasteiger partial charge is 0.135 e. The third kappa shape index (κ3) is 9.68. The first-order valence-electron chi connectivity index (χ1n) is 32.6. The second kappa shape index (κ2) is 20.2. The summed E-state index contributed by atoms with van der Waals surface area (Å²) in [5.74, 6) is -0.218. The molecule has 0 spiro atoms. The Balaban J connectivity index is 0.00000867. The summed E-state index contributed by atoms with van der Waals surface area (Å²) >= 11 is 0. The molecule has 384 valence electrons. The maximum atomic E-state index is 9.91. The normalized spacial score (nSPS) is 15.5. The summed E-state index contributed by atoms with van der Waals surface area (Å²) in [6.45, 7) is 18.5. The number of fused-ring (bicyclic) bond motifs is 4. The van der Waals surface area contributed by atoms with Crippen molar-refractivity contribution in [2.45, 2.75) is 71.6 Å². The number of hydrogen-bond donors (Lipinski definition) is 0. The van der Waals surface area contributed by atoms with Crippen LogP contribution in [-0.4, -0.2) is 9.55 Å². The number of ether oxygens (including phenoxy) is 1. The molecule has 1 aliphatic heterocycles. The number of benzene rings is 9. The van der Waals surface area contributed by atoms with Gasteiger partial charge in [-0.2, -0.15) is 12.1 Å². The first-order valence-corrected chi connectivity index (χ1v) is 25.1. The van der Waals surface area contributed by atoms with Gasteiger partial charge in [0.2, 0.25) is 0 Å². The molecular formula is C71H61N4OPt-3. The van der Waals surface area contributed by atoms with Crippen molar-refractivity contribution in [3.05, 3.63) is 259 Å². The molecule has 0 aliphatic carbocycles. The minimum Gasteiger partial charge on any atom is -0.509 e. The standard InChI is InChI=1S/C71H61N4O.Pt/c1-69(2,3)54-40-51(41-55(43-54)70(4,5)6)60-31-21-30-59(49-24-14-10-15-25-49)68(60)74-47-73(64-32-18-19-33-65(64)74)56-28-20-29-57(45-56)76-58-35-36-61-62-42-50(48-22-12-9-13-23-48)34-37-63(62)75(66(61)46-58)67-44-53(38-39-72-67)71(7,8)52-26-16-11-17-27-52;/h9-44,47H,1-8H3;/q-3;/i9D,10D,12D,13D,14D,15D,22D,23D,24D,25D,35D,36D,38D,39D,44D;. The van der Waals surface area contributed by atoms with Crippen molar-refractivity contribution >= 4 is 44.6 Å². The van der Waals surface area contributed by atoms with Gasteiger partial charge in [-0.15, -0.1) is 48.1 Å². The number of nitrogens with zero attached hydrogens (tertiary/aromatic N) is 4. The van der Waals surface area contributed by atoms with E-state index >= 15 is 0 Å². The van der Waals surface area contributed by atoms with Crippen LogP contribution in [0.5, 0.6) is 11.5 Å². The molecule has 0 saturated heterocycles. The van der Waals surface area contributed by atoms with Gasteiger partial charge in [0.25, 0.3) is 0 Å². The molecule has 0 unspecified atom stereocenters. The predicted octanol–water partition coefficient (Wildman–Crippen LogP) is 18.9. The summed E-state index contributed by atoms with van der Waals surface area (Å²) < 4.78 is 143. The molecule has 9 aromatic carbocycles. The first-order chi connectivity index (χ1) is 42.9. The quantitative estimate of drug-likeness (QED) is 0.128. The number of para-hydroxylation sites is 3. The van der Waals surface area contributed by atoms with Gasteiger partial charge in [-0.1, -0.05) is 212 Å². The maximum Gasteiger partial charge on any atom is 0.135 e. The zero-order valence-corrected chi connectivity index (χ0v) is 46.0. The molecule has 77 heavy (non-hydrogen) atoms. The largest absolute Gasteiger partial charge is 0.509 e. The van der Waals surface area contributed by atoms with E-state index in [1.807, 2.05) is 103 Å². The maximum absolute atomic E-state index is 9.91. The number of anilines is 4. The molecule has 0 atom stereocenters. The van der Waals surface area contributed by atoms with Gasteiger partial charge >= 0.3 is 0 Å². The number of hydrogen-bond acceptors (Lipinski definition) is 4. The summed E-state index contributed by atoms with van der Waals surface area (Å²) in [4.78, 5) is 8.42. The van der Waals surface area contributed by atoms with E-state index in [1.165, 1.54) is 4.57 Å². The van der Waals surface area contributed by atoms with Crippen molar-refractivity contribution in [3.8, 4) is 50.7 Å². The molecule has 5 nitrogen and oxygen atoms in total. The topological polar surface area (TPSA) is 33.5 Å². The summed E-state index contributed by atoms with van der Waals surface area (Å²) in [6.07, 6.45) is -0.432. The molecule has 3 heterocycles. The molecule has 0 radical (unpaired) electrons. The van der Waals surface area contributed by atoms with Crippen LogP contribution in [0, 0.1) is 18.8 Å². The van der Waals surface area contributed by atoms with Crippen LogP contribution < -0.4 is 14.5 Å². The summed E-state index contributed by atoms with van der Waals surface area (Å²) in [6, 6.07) is 39.7. The molecule has 12 rings (SSSR count). The average molecular weight is 1200 g/mol. The van der Waals surface area contributed by atoms with Gasteiger partial charge in [0.05, 0.1) is 17.8 Å². The van der Waals surface area contributed by atoms with Crippen LogP contribution in [-0.2, 0) is 37.3 Å². The van der Waals surface area contributed by atoms with E-state index < -0.39 is 66.0 Å². The Bertz CT molecular complexity index is 4780. The van der Waals surface area contributed by atoms with E-state index in [0.717, 1.165) is 27.8 Å². The van der Waals surface area contributed by atoms with Crippen molar-refractivity contribution in [2.75, 3.05) is 9.80 Å². The second-order valence-corrected chi connectivity index (χ2v) is 21.5. The van der Waals surface area contributed by atoms with Crippen molar-refractivity contribution in [2.24, 2.45) is 0 Å². The van der Waals surface area contributed by atoms with E-state index in [4.69, 9.17) is 17.1 Å². The van der Waals surface area contributed by atoms with Gasteiger partial charge in [-0.25, -0.2) is 4.98 Å². The molecule has 6 heteroatoms. The molecule has 0 fully saturated rings. The number of pyridine rings is 1. The fourth-order valence-corrected chi connectivity index (χ4v) is 9.84. The van der Waals surface area contributed by atoms with Crippen molar-refractivity contribution in [1.29, 1.82) is 0 Å². The predicted molar refractivity (Wildman–Crippen MR) is 317 cm³/mol. The Labute approximate surface area is 489 Å². The summed E-state index contributed by atoms with van der Waals surface area (Å²) in [7, 11) is 0. The Hall–Kier alpha value is -7.98. The Morgan fingerprint density at radius 2 is 1.14 bits per heavy atom. The van der Waals surface area contributed by atoms with Crippen LogP contribution in [0.1, 0.15) is 98.2 Å². The fraction of sp³-hybridized carbons (Fsp3) is 0.155. The Morgan fingerprint density at radius 3 is 1.83 bits per heavy atom. The fourth-order valence-electron chi connectivity index (χ4n) is 9.84. The van der Waals surface area contributed by atoms with E-state index in [-0.39, 0.29) is 118 Å². The van der Waals surface area contributed by atoms with E-state index in [9.17, 15) is 8.22 Å². The van der Waals surface area contributed by atoms with Crippen LogP contribution in [0.3, 0.4) is 0 Å². The van der Waals surface area contributed by atoms with Gasteiger partial charge in [0.1, 0.15) is 5.82 Å². The Morgan fingerprint density at radius 1 is 0.506 bits per heavy atom. The molecule has 1 aliphatic rings.